The van der Waals surface area contributed by atoms with Gasteiger partial charge in [0.05, 0.1) is 0 Å². The number of hydrogen-bond donors (Lipinski definition) is 2. The van der Waals surface area contributed by atoms with Crippen LogP contribution in [-0.4, -0.2) is 35.3 Å². The van der Waals surface area contributed by atoms with E-state index in [0.717, 1.165) is 25.7 Å². The molecule has 26 heavy (non-hydrogen) atoms. The van der Waals surface area contributed by atoms with Gasteiger partial charge in [-0.25, -0.2) is 4.79 Å². The molecule has 144 valence electrons. The summed E-state index contributed by atoms with van der Waals surface area (Å²) in [5.74, 6) is -0.945. The third-order valence-corrected chi connectivity index (χ3v) is 5.01. The number of amides is 1. The van der Waals surface area contributed by atoms with Crippen molar-refractivity contribution in [3.8, 4) is 0 Å². The van der Waals surface area contributed by atoms with Crippen LogP contribution in [0.1, 0.15) is 90.9 Å². The molecule has 0 aromatic carbocycles. The summed E-state index contributed by atoms with van der Waals surface area (Å²) in [6, 6.07) is 0.171. The van der Waals surface area contributed by atoms with Crippen molar-refractivity contribution in [2.45, 2.75) is 78.2 Å². The molecule has 2 rings (SSSR count). The van der Waals surface area contributed by atoms with Gasteiger partial charge in [-0.05, 0) is 38.7 Å². The normalized spacial score (nSPS) is 15.8. The van der Waals surface area contributed by atoms with Crippen LogP contribution in [0.4, 0.5) is 0 Å². The quantitative estimate of drug-likeness (QED) is 0.599. The van der Waals surface area contributed by atoms with Crippen LogP contribution >= 0.6 is 0 Å². The topological polar surface area (TPSA) is 88.3 Å². The first kappa shape index (κ1) is 20.2. The molecule has 6 heteroatoms. The van der Waals surface area contributed by atoms with Gasteiger partial charge in [-0.3, -0.25) is 9.59 Å². The zero-order valence-electron chi connectivity index (χ0n) is 16.1. The minimum absolute atomic E-state index is 0.0864. The molecule has 1 fully saturated rings. The number of rotatable bonds is 6. The molecule has 6 nitrogen and oxygen atoms in total. The molecule has 2 N–H and O–H groups in total. The Balaban J connectivity index is 1.92. The largest absolute Gasteiger partial charge is 0.451 e. The highest BCUT2D eigenvalue weighted by molar-refractivity contribution is 6.01. The molecule has 0 radical (unpaired) electrons. The van der Waals surface area contributed by atoms with Gasteiger partial charge >= 0.3 is 5.97 Å². The number of carbonyl (C=O) groups excluding carboxylic acids is 3. The lowest BCUT2D eigenvalue weighted by atomic mass is 9.97. The van der Waals surface area contributed by atoms with Gasteiger partial charge in [-0.15, -0.1) is 0 Å². The highest BCUT2D eigenvalue weighted by Gasteiger charge is 2.23. The smallest absolute Gasteiger partial charge is 0.355 e. The first-order valence-electron chi connectivity index (χ1n) is 9.62. The Morgan fingerprint density at radius 1 is 1.12 bits per heavy atom. The summed E-state index contributed by atoms with van der Waals surface area (Å²) >= 11 is 0. The predicted molar refractivity (Wildman–Crippen MR) is 99.4 cm³/mol. The van der Waals surface area contributed by atoms with E-state index in [9.17, 15) is 14.4 Å². The second-order valence-electron chi connectivity index (χ2n) is 7.07. The van der Waals surface area contributed by atoms with Gasteiger partial charge in [-0.1, -0.05) is 39.0 Å². The monoisotopic (exact) mass is 362 g/mol. The van der Waals surface area contributed by atoms with Crippen LogP contribution in [0.3, 0.4) is 0 Å². The molecule has 1 aliphatic rings. The van der Waals surface area contributed by atoms with E-state index in [1.165, 1.54) is 26.2 Å². The van der Waals surface area contributed by atoms with E-state index in [1.807, 2.05) is 6.92 Å². The summed E-state index contributed by atoms with van der Waals surface area (Å²) in [5.41, 5.74) is 2.12. The number of Topliss-reactive ketones (excluding diaryl/α,β-unsaturated/α-hetero) is 1. The number of carbonyl (C=O) groups is 3. The van der Waals surface area contributed by atoms with Crippen LogP contribution in [0.5, 0.6) is 0 Å². The lowest BCUT2D eigenvalue weighted by Crippen LogP contribution is -2.38. The van der Waals surface area contributed by atoms with Gasteiger partial charge in [0.25, 0.3) is 5.91 Å². The van der Waals surface area contributed by atoms with E-state index in [4.69, 9.17) is 4.74 Å². The van der Waals surface area contributed by atoms with E-state index in [0.29, 0.717) is 23.2 Å². The fraction of sp³-hybridized carbons (Fsp3) is 0.650. The van der Waals surface area contributed by atoms with Crippen LogP contribution < -0.4 is 5.32 Å². The number of esters is 1. The molecule has 0 atom stereocenters. The summed E-state index contributed by atoms with van der Waals surface area (Å²) in [4.78, 5) is 39.2. The standard InChI is InChI=1S/C20H30N2O4/c1-4-16-18(14(3)23)13(2)21-19(16)20(25)26-12-17(24)22-15-10-8-6-5-7-9-11-15/h15,21H,4-12H2,1-3H3,(H,22,24). The van der Waals surface area contributed by atoms with Crippen molar-refractivity contribution in [3.05, 3.63) is 22.5 Å². The van der Waals surface area contributed by atoms with Gasteiger partial charge in [0.1, 0.15) is 5.69 Å². The summed E-state index contributed by atoms with van der Waals surface area (Å²) in [6.07, 6.45) is 8.46. The Morgan fingerprint density at radius 3 is 2.31 bits per heavy atom. The van der Waals surface area contributed by atoms with Crippen LogP contribution in [0.15, 0.2) is 0 Å². The predicted octanol–water partition coefficient (Wildman–Crippen LogP) is 3.47. The van der Waals surface area contributed by atoms with Crippen molar-refractivity contribution in [1.82, 2.24) is 10.3 Å². The highest BCUT2D eigenvalue weighted by atomic mass is 16.5. The zero-order chi connectivity index (χ0) is 19.1. The average molecular weight is 362 g/mol. The molecule has 0 bridgehead atoms. The van der Waals surface area contributed by atoms with Crippen molar-refractivity contribution >= 4 is 17.7 Å². The first-order chi connectivity index (χ1) is 12.4. The molecule has 1 aliphatic carbocycles. The Morgan fingerprint density at radius 2 is 1.73 bits per heavy atom. The molecule has 0 spiro atoms. The number of ketones is 1. The van der Waals surface area contributed by atoms with Crippen molar-refractivity contribution in [2.75, 3.05) is 6.61 Å². The summed E-state index contributed by atoms with van der Waals surface area (Å²) in [7, 11) is 0. The Kier molecular flexibility index (Phi) is 7.42. The molecule has 0 unspecified atom stereocenters. The van der Waals surface area contributed by atoms with Crippen molar-refractivity contribution in [2.24, 2.45) is 0 Å². The Bertz CT molecular complexity index is 655. The van der Waals surface area contributed by atoms with Crippen LogP contribution in [-0.2, 0) is 16.0 Å². The lowest BCUT2D eigenvalue weighted by Gasteiger charge is -2.20. The van der Waals surface area contributed by atoms with Gasteiger partial charge in [-0.2, -0.15) is 0 Å². The number of aromatic nitrogens is 1. The van der Waals surface area contributed by atoms with Crippen molar-refractivity contribution in [1.29, 1.82) is 0 Å². The second kappa shape index (κ2) is 9.55. The van der Waals surface area contributed by atoms with Gasteiger partial charge < -0.3 is 15.0 Å². The average Bonchev–Trinajstić information content (AvgIpc) is 2.91. The summed E-state index contributed by atoms with van der Waals surface area (Å²) in [5, 5.41) is 2.98. The van der Waals surface area contributed by atoms with E-state index in [1.54, 1.807) is 6.92 Å². The highest BCUT2D eigenvalue weighted by Crippen LogP contribution is 2.21. The number of H-pyrrole nitrogens is 1. The SMILES string of the molecule is CCc1c(C(=O)OCC(=O)NC2CCCCCCC2)[nH]c(C)c1C(C)=O. The number of aromatic amines is 1. The minimum Gasteiger partial charge on any atom is -0.451 e. The lowest BCUT2D eigenvalue weighted by molar-refractivity contribution is -0.125. The van der Waals surface area contributed by atoms with Gasteiger partial charge in [0.15, 0.2) is 12.4 Å². The third-order valence-electron chi connectivity index (χ3n) is 5.01. The number of aryl methyl sites for hydroxylation is 1. The first-order valence-corrected chi connectivity index (χ1v) is 9.62. The third kappa shape index (κ3) is 5.19. The fourth-order valence-electron chi connectivity index (χ4n) is 3.75. The van der Waals surface area contributed by atoms with E-state index in [-0.39, 0.29) is 30.0 Å². The number of nitrogens with one attached hydrogen (secondary N) is 2. The zero-order valence-corrected chi connectivity index (χ0v) is 16.1. The molecule has 1 saturated carbocycles. The molecule has 1 amide bonds. The number of hydrogen-bond acceptors (Lipinski definition) is 4. The summed E-state index contributed by atoms with van der Waals surface area (Å²) < 4.78 is 5.18. The van der Waals surface area contributed by atoms with E-state index in [2.05, 4.69) is 10.3 Å². The van der Waals surface area contributed by atoms with E-state index < -0.39 is 5.97 Å². The van der Waals surface area contributed by atoms with Crippen molar-refractivity contribution < 1.29 is 19.1 Å². The number of ether oxygens (including phenoxy) is 1. The second-order valence-corrected chi connectivity index (χ2v) is 7.07. The fourth-order valence-corrected chi connectivity index (χ4v) is 3.75. The Labute approximate surface area is 155 Å². The van der Waals surface area contributed by atoms with Crippen LogP contribution in [0.25, 0.3) is 0 Å². The summed E-state index contributed by atoms with van der Waals surface area (Å²) in [6.45, 7) is 4.82. The van der Waals surface area contributed by atoms with E-state index >= 15 is 0 Å². The minimum atomic E-state index is -0.592. The molecule has 0 saturated heterocycles. The van der Waals surface area contributed by atoms with Crippen molar-refractivity contribution in [3.63, 3.8) is 0 Å². The molecular weight excluding hydrogens is 332 g/mol. The molecule has 1 aromatic rings. The maximum Gasteiger partial charge on any atom is 0.355 e. The molecule has 0 aliphatic heterocycles. The molecular formula is C20H30N2O4. The maximum absolute atomic E-state index is 12.4. The maximum atomic E-state index is 12.4. The van der Waals surface area contributed by atoms with Gasteiger partial charge in [0, 0.05) is 17.3 Å². The molecule has 1 aromatic heterocycles. The Hall–Kier alpha value is -2.11. The van der Waals surface area contributed by atoms with Crippen LogP contribution in [0.2, 0.25) is 0 Å². The van der Waals surface area contributed by atoms with Gasteiger partial charge in [0.2, 0.25) is 0 Å². The van der Waals surface area contributed by atoms with Crippen LogP contribution in [0, 0.1) is 6.92 Å². The molecule has 1 heterocycles.